The maximum atomic E-state index is 10.5. The quantitative estimate of drug-likeness (QED) is 0.668. The van der Waals surface area contributed by atoms with Gasteiger partial charge in [0.05, 0.1) is 16.5 Å². The molecular formula is C17H15NO3S. The number of ether oxygens (including phenoxy) is 1. The van der Waals surface area contributed by atoms with Crippen molar-refractivity contribution in [1.29, 1.82) is 5.26 Å². The van der Waals surface area contributed by atoms with Gasteiger partial charge in [0, 0.05) is 10.8 Å². The molecule has 1 atom stereocenters. The summed E-state index contributed by atoms with van der Waals surface area (Å²) in [6, 6.07) is 12.5. The molecule has 0 aliphatic rings. The van der Waals surface area contributed by atoms with E-state index >= 15 is 0 Å². The van der Waals surface area contributed by atoms with E-state index in [1.54, 1.807) is 25.1 Å². The minimum absolute atomic E-state index is 0.0730. The molecule has 5 heteroatoms. The van der Waals surface area contributed by atoms with Crippen LogP contribution in [0.4, 0.5) is 0 Å². The lowest BCUT2D eigenvalue weighted by atomic mass is 10.1. The number of nitriles is 1. The number of carbonyl (C=O) groups excluding carboxylic acids is 1. The third-order valence-corrected chi connectivity index (χ3v) is 4.69. The third kappa shape index (κ3) is 3.41. The lowest BCUT2D eigenvalue weighted by Gasteiger charge is -2.16. The van der Waals surface area contributed by atoms with Crippen molar-refractivity contribution < 1.29 is 14.6 Å². The largest absolute Gasteiger partial charge is 0.507 e. The summed E-state index contributed by atoms with van der Waals surface area (Å²) in [5, 5.41) is 19.0. The van der Waals surface area contributed by atoms with Crippen LogP contribution in [0.5, 0.6) is 11.5 Å². The predicted molar refractivity (Wildman–Crippen MR) is 85.0 cm³/mol. The standard InChI is InChI=1S/C17H15NO3S/c1-11-16(21-10-19)8-7-15(20)17(11)22-12(2)14-5-3-13(9-18)4-6-14/h3-8,10,12,20H,1-2H3. The number of rotatable bonds is 5. The molecule has 0 aliphatic carbocycles. The second-order valence-electron chi connectivity index (χ2n) is 4.74. The van der Waals surface area contributed by atoms with Gasteiger partial charge in [-0.05, 0) is 43.7 Å². The molecular weight excluding hydrogens is 298 g/mol. The summed E-state index contributed by atoms with van der Waals surface area (Å²) in [6.45, 7) is 4.18. The molecule has 0 amide bonds. The molecule has 2 rings (SSSR count). The highest BCUT2D eigenvalue weighted by molar-refractivity contribution is 7.99. The molecule has 1 N–H and O–H groups in total. The molecule has 0 fully saturated rings. The molecule has 0 radical (unpaired) electrons. The van der Waals surface area contributed by atoms with Crippen LogP contribution in [0.3, 0.4) is 0 Å². The number of thioether (sulfide) groups is 1. The highest BCUT2D eigenvalue weighted by Crippen LogP contribution is 2.43. The van der Waals surface area contributed by atoms with E-state index < -0.39 is 0 Å². The van der Waals surface area contributed by atoms with Crippen LogP contribution < -0.4 is 4.74 Å². The van der Waals surface area contributed by atoms with Gasteiger partial charge in [-0.15, -0.1) is 11.8 Å². The molecule has 2 aromatic rings. The monoisotopic (exact) mass is 313 g/mol. The van der Waals surface area contributed by atoms with E-state index in [1.807, 2.05) is 19.1 Å². The zero-order valence-electron chi connectivity index (χ0n) is 12.2. The molecule has 0 heterocycles. The summed E-state index contributed by atoms with van der Waals surface area (Å²) in [4.78, 5) is 11.2. The minimum Gasteiger partial charge on any atom is -0.507 e. The number of benzene rings is 2. The zero-order chi connectivity index (χ0) is 16.1. The van der Waals surface area contributed by atoms with Crippen LogP contribution >= 0.6 is 11.8 Å². The Morgan fingerprint density at radius 3 is 2.55 bits per heavy atom. The van der Waals surface area contributed by atoms with Gasteiger partial charge in [0.15, 0.2) is 0 Å². The van der Waals surface area contributed by atoms with Gasteiger partial charge in [-0.1, -0.05) is 12.1 Å². The molecule has 4 nitrogen and oxygen atoms in total. The summed E-state index contributed by atoms with van der Waals surface area (Å²) in [7, 11) is 0. The minimum atomic E-state index is 0.0730. The molecule has 0 saturated carbocycles. The van der Waals surface area contributed by atoms with Gasteiger partial charge in [0.25, 0.3) is 6.47 Å². The third-order valence-electron chi connectivity index (χ3n) is 3.31. The predicted octanol–water partition coefficient (Wildman–Crippen LogP) is 3.96. The van der Waals surface area contributed by atoms with Crippen molar-refractivity contribution in [2.45, 2.75) is 24.0 Å². The smallest absolute Gasteiger partial charge is 0.298 e. The second kappa shape index (κ2) is 7.01. The average molecular weight is 313 g/mol. The van der Waals surface area contributed by atoms with E-state index in [2.05, 4.69) is 6.07 Å². The Kier molecular flexibility index (Phi) is 5.08. The van der Waals surface area contributed by atoms with Crippen molar-refractivity contribution in [3.63, 3.8) is 0 Å². The highest BCUT2D eigenvalue weighted by atomic mass is 32.2. The first-order valence-electron chi connectivity index (χ1n) is 6.66. The maximum Gasteiger partial charge on any atom is 0.298 e. The van der Waals surface area contributed by atoms with E-state index in [0.717, 1.165) is 11.1 Å². The van der Waals surface area contributed by atoms with Crippen molar-refractivity contribution >= 4 is 18.2 Å². The normalized spacial score (nSPS) is 11.5. The van der Waals surface area contributed by atoms with E-state index in [1.165, 1.54) is 17.8 Å². The fourth-order valence-corrected chi connectivity index (χ4v) is 3.17. The molecule has 22 heavy (non-hydrogen) atoms. The van der Waals surface area contributed by atoms with Gasteiger partial charge in [0.1, 0.15) is 11.5 Å². The Morgan fingerprint density at radius 1 is 1.27 bits per heavy atom. The summed E-state index contributed by atoms with van der Waals surface area (Å²) in [5.74, 6) is 0.587. The lowest BCUT2D eigenvalue weighted by Crippen LogP contribution is -1.95. The molecule has 0 spiro atoms. The van der Waals surface area contributed by atoms with Crippen LogP contribution in [-0.4, -0.2) is 11.6 Å². The highest BCUT2D eigenvalue weighted by Gasteiger charge is 2.15. The number of nitrogens with zero attached hydrogens (tertiary/aromatic N) is 1. The van der Waals surface area contributed by atoms with Gasteiger partial charge < -0.3 is 9.84 Å². The Hall–Kier alpha value is -2.45. The van der Waals surface area contributed by atoms with E-state index in [4.69, 9.17) is 10.00 Å². The number of phenolic OH excluding ortho intramolecular Hbond substituents is 1. The summed E-state index contributed by atoms with van der Waals surface area (Å²) in [5.41, 5.74) is 2.38. The SMILES string of the molecule is Cc1c(OC=O)ccc(O)c1SC(C)c1ccc(C#N)cc1. The molecule has 1 unspecified atom stereocenters. The Labute approximate surface area is 133 Å². The van der Waals surface area contributed by atoms with Crippen LogP contribution in [-0.2, 0) is 4.79 Å². The fourth-order valence-electron chi connectivity index (χ4n) is 2.06. The number of carbonyl (C=O) groups is 1. The van der Waals surface area contributed by atoms with Crippen LogP contribution in [0.1, 0.15) is 28.9 Å². The van der Waals surface area contributed by atoms with Gasteiger partial charge in [-0.3, -0.25) is 4.79 Å². The average Bonchev–Trinajstić information content (AvgIpc) is 2.54. The molecule has 0 aromatic heterocycles. The van der Waals surface area contributed by atoms with Gasteiger partial charge >= 0.3 is 0 Å². The van der Waals surface area contributed by atoms with Crippen molar-refractivity contribution in [2.24, 2.45) is 0 Å². The number of hydrogen-bond donors (Lipinski definition) is 1. The Morgan fingerprint density at radius 2 is 1.95 bits per heavy atom. The molecule has 0 aliphatic heterocycles. The van der Waals surface area contributed by atoms with Crippen LogP contribution in [0, 0.1) is 18.3 Å². The van der Waals surface area contributed by atoms with Crippen molar-refractivity contribution in [3.05, 3.63) is 53.1 Å². The molecule has 112 valence electrons. The number of hydrogen-bond acceptors (Lipinski definition) is 5. The molecule has 2 aromatic carbocycles. The summed E-state index contributed by atoms with van der Waals surface area (Å²) >= 11 is 1.47. The van der Waals surface area contributed by atoms with Crippen LogP contribution in [0.25, 0.3) is 0 Å². The number of phenols is 1. The summed E-state index contributed by atoms with van der Waals surface area (Å²) in [6.07, 6.45) is 0. The van der Waals surface area contributed by atoms with E-state index in [9.17, 15) is 9.90 Å². The Balaban J connectivity index is 2.27. The van der Waals surface area contributed by atoms with Gasteiger partial charge in [0.2, 0.25) is 0 Å². The van der Waals surface area contributed by atoms with E-state index in [-0.39, 0.29) is 11.0 Å². The summed E-state index contributed by atoms with van der Waals surface area (Å²) < 4.78 is 4.91. The molecule has 0 bridgehead atoms. The first kappa shape index (κ1) is 15.9. The van der Waals surface area contributed by atoms with Crippen molar-refractivity contribution in [1.82, 2.24) is 0 Å². The maximum absolute atomic E-state index is 10.5. The van der Waals surface area contributed by atoms with Crippen LogP contribution in [0.15, 0.2) is 41.3 Å². The topological polar surface area (TPSA) is 70.3 Å². The Bertz CT molecular complexity index is 720. The first-order chi connectivity index (χ1) is 10.6. The van der Waals surface area contributed by atoms with Gasteiger partial charge in [-0.2, -0.15) is 5.26 Å². The second-order valence-corrected chi connectivity index (χ2v) is 6.10. The van der Waals surface area contributed by atoms with Gasteiger partial charge in [-0.25, -0.2) is 0 Å². The van der Waals surface area contributed by atoms with Crippen molar-refractivity contribution in [3.8, 4) is 17.6 Å². The fraction of sp³-hybridized carbons (Fsp3) is 0.176. The van der Waals surface area contributed by atoms with Crippen molar-refractivity contribution in [2.75, 3.05) is 0 Å². The molecule has 0 saturated heterocycles. The van der Waals surface area contributed by atoms with Crippen LogP contribution in [0.2, 0.25) is 0 Å². The van der Waals surface area contributed by atoms with E-state index in [0.29, 0.717) is 22.7 Å². The number of aromatic hydroxyl groups is 1. The first-order valence-corrected chi connectivity index (χ1v) is 7.54. The zero-order valence-corrected chi connectivity index (χ0v) is 13.1. The lowest BCUT2D eigenvalue weighted by molar-refractivity contribution is -0.120.